The predicted octanol–water partition coefficient (Wildman–Crippen LogP) is 3.99. The highest BCUT2D eigenvalue weighted by Gasteiger charge is 2.43. The number of nitrogens with zero attached hydrogens (tertiary/aromatic N) is 1. The molecule has 1 aromatic carbocycles. The molecule has 0 saturated carbocycles. The SMILES string of the molecule is CCOCC1COCCC12CCN(CCOCc1ccccc1)CC2.O=C(O)C(F)(F)F. The van der Waals surface area contributed by atoms with Crippen LogP contribution in [0.5, 0.6) is 0 Å². The Kier molecular flexibility index (Phi) is 10.9. The number of likely N-dealkylation sites (tertiary alicyclic amines) is 1. The number of halogens is 3. The Hall–Kier alpha value is -1.68. The number of carboxylic acid groups (broad SMARTS) is 1. The van der Waals surface area contributed by atoms with Crippen LogP contribution in [0.15, 0.2) is 30.3 Å². The number of alkyl halides is 3. The Labute approximate surface area is 187 Å². The molecule has 2 aliphatic rings. The molecule has 6 nitrogen and oxygen atoms in total. The summed E-state index contributed by atoms with van der Waals surface area (Å²) in [6.07, 6.45) is -1.34. The predicted molar refractivity (Wildman–Crippen MR) is 113 cm³/mol. The van der Waals surface area contributed by atoms with E-state index in [9.17, 15) is 13.2 Å². The molecule has 3 rings (SSSR count). The lowest BCUT2D eigenvalue weighted by atomic mass is 9.66. The third kappa shape index (κ3) is 8.69. The first kappa shape index (κ1) is 26.6. The first-order valence-corrected chi connectivity index (χ1v) is 11.1. The third-order valence-electron chi connectivity index (χ3n) is 6.21. The van der Waals surface area contributed by atoms with Gasteiger partial charge in [-0.3, -0.25) is 0 Å². The van der Waals surface area contributed by atoms with Crippen LogP contribution in [0.1, 0.15) is 31.7 Å². The molecule has 9 heteroatoms. The molecule has 0 bridgehead atoms. The van der Waals surface area contributed by atoms with Crippen LogP contribution >= 0.6 is 0 Å². The van der Waals surface area contributed by atoms with E-state index in [4.69, 9.17) is 24.1 Å². The van der Waals surface area contributed by atoms with Gasteiger partial charge < -0.3 is 24.2 Å². The number of piperidine rings is 1. The fourth-order valence-electron chi connectivity index (χ4n) is 4.21. The maximum Gasteiger partial charge on any atom is 0.490 e. The van der Waals surface area contributed by atoms with Crippen LogP contribution in [-0.4, -0.2) is 74.8 Å². The topological polar surface area (TPSA) is 68.2 Å². The second-order valence-electron chi connectivity index (χ2n) is 8.23. The van der Waals surface area contributed by atoms with E-state index < -0.39 is 12.1 Å². The summed E-state index contributed by atoms with van der Waals surface area (Å²) in [6.45, 7) is 10.5. The second-order valence-corrected chi connectivity index (χ2v) is 8.23. The summed E-state index contributed by atoms with van der Waals surface area (Å²) < 4.78 is 49.1. The van der Waals surface area contributed by atoms with E-state index in [-0.39, 0.29) is 0 Å². The summed E-state index contributed by atoms with van der Waals surface area (Å²) in [7, 11) is 0. The van der Waals surface area contributed by atoms with Crippen LogP contribution in [0.25, 0.3) is 0 Å². The lowest BCUT2D eigenvalue weighted by Crippen LogP contribution is -2.49. The molecule has 2 heterocycles. The zero-order valence-electron chi connectivity index (χ0n) is 18.6. The van der Waals surface area contributed by atoms with Crippen LogP contribution < -0.4 is 0 Å². The quantitative estimate of drug-likeness (QED) is 0.591. The van der Waals surface area contributed by atoms with Crippen LogP contribution in [0.4, 0.5) is 13.2 Å². The lowest BCUT2D eigenvalue weighted by Gasteiger charge is -2.49. The smallest absolute Gasteiger partial charge is 0.475 e. The Bertz CT molecular complexity index is 663. The lowest BCUT2D eigenvalue weighted by molar-refractivity contribution is -0.192. The second kappa shape index (κ2) is 13.1. The molecule has 1 unspecified atom stereocenters. The average molecular weight is 462 g/mol. The van der Waals surface area contributed by atoms with Gasteiger partial charge in [0.2, 0.25) is 0 Å². The Balaban J connectivity index is 0.000000451. The van der Waals surface area contributed by atoms with Crippen molar-refractivity contribution in [2.75, 3.05) is 52.7 Å². The molecule has 2 fully saturated rings. The van der Waals surface area contributed by atoms with Crippen molar-refractivity contribution in [2.24, 2.45) is 11.3 Å². The van der Waals surface area contributed by atoms with Gasteiger partial charge in [-0.2, -0.15) is 13.2 Å². The minimum absolute atomic E-state index is 0.439. The molecular formula is C23H34F3NO5. The number of hydrogen-bond acceptors (Lipinski definition) is 5. The van der Waals surface area contributed by atoms with Crippen molar-refractivity contribution in [3.8, 4) is 0 Å². The van der Waals surface area contributed by atoms with Gasteiger partial charge in [-0.05, 0) is 50.3 Å². The van der Waals surface area contributed by atoms with Crippen LogP contribution in [0, 0.1) is 11.3 Å². The standard InChI is InChI=1S/C21H33NO3.C2HF3O2/c1-2-23-17-20-18-24-14-10-21(20)8-11-22(12-9-21)13-15-25-16-19-6-4-3-5-7-19;3-2(4,5)1(6)7/h3-7,20H,2,8-18H2,1H3;(H,6,7). The van der Waals surface area contributed by atoms with Gasteiger partial charge in [-0.1, -0.05) is 30.3 Å². The number of rotatable bonds is 8. The third-order valence-corrected chi connectivity index (χ3v) is 6.21. The largest absolute Gasteiger partial charge is 0.490 e. The zero-order valence-corrected chi connectivity index (χ0v) is 18.6. The summed E-state index contributed by atoms with van der Waals surface area (Å²) in [6, 6.07) is 10.4. The van der Waals surface area contributed by atoms with Crippen molar-refractivity contribution in [1.82, 2.24) is 4.90 Å². The number of benzene rings is 1. The molecule has 0 aliphatic carbocycles. The molecule has 2 aliphatic heterocycles. The van der Waals surface area contributed by atoms with E-state index in [2.05, 4.69) is 36.1 Å². The molecular weight excluding hydrogens is 427 g/mol. The highest BCUT2D eigenvalue weighted by Crippen LogP contribution is 2.44. The molecule has 32 heavy (non-hydrogen) atoms. The maximum atomic E-state index is 10.6. The van der Waals surface area contributed by atoms with Gasteiger partial charge in [0.05, 0.1) is 26.4 Å². The number of carboxylic acids is 1. The summed E-state index contributed by atoms with van der Waals surface area (Å²) >= 11 is 0. The molecule has 2 saturated heterocycles. The summed E-state index contributed by atoms with van der Waals surface area (Å²) in [5.41, 5.74) is 1.69. The van der Waals surface area contributed by atoms with Gasteiger partial charge in [-0.25, -0.2) is 4.79 Å². The highest BCUT2D eigenvalue weighted by molar-refractivity contribution is 5.73. The van der Waals surface area contributed by atoms with E-state index in [0.29, 0.717) is 17.9 Å². The molecule has 1 spiro atoms. The number of aliphatic carboxylic acids is 1. The van der Waals surface area contributed by atoms with E-state index in [1.54, 1.807) is 0 Å². The molecule has 182 valence electrons. The first-order valence-electron chi connectivity index (χ1n) is 11.1. The van der Waals surface area contributed by atoms with Crippen molar-refractivity contribution in [1.29, 1.82) is 0 Å². The Morgan fingerprint density at radius 2 is 1.84 bits per heavy atom. The molecule has 1 N–H and O–H groups in total. The van der Waals surface area contributed by atoms with Crippen LogP contribution in [0.2, 0.25) is 0 Å². The monoisotopic (exact) mass is 461 g/mol. The van der Waals surface area contributed by atoms with Crippen molar-refractivity contribution >= 4 is 5.97 Å². The molecule has 0 amide bonds. The Morgan fingerprint density at radius 1 is 1.19 bits per heavy atom. The number of carbonyl (C=O) groups is 1. The van der Waals surface area contributed by atoms with Gasteiger partial charge in [-0.15, -0.1) is 0 Å². The highest BCUT2D eigenvalue weighted by atomic mass is 19.4. The van der Waals surface area contributed by atoms with Crippen LogP contribution in [-0.2, 0) is 25.6 Å². The van der Waals surface area contributed by atoms with Crippen molar-refractivity contribution in [3.63, 3.8) is 0 Å². The van der Waals surface area contributed by atoms with Gasteiger partial charge in [0.15, 0.2) is 0 Å². The van der Waals surface area contributed by atoms with Crippen molar-refractivity contribution in [3.05, 3.63) is 35.9 Å². The van der Waals surface area contributed by atoms with Crippen molar-refractivity contribution in [2.45, 2.75) is 39.0 Å². The van der Waals surface area contributed by atoms with E-state index >= 15 is 0 Å². The summed E-state index contributed by atoms with van der Waals surface area (Å²) in [4.78, 5) is 11.5. The van der Waals surface area contributed by atoms with E-state index in [1.165, 1.54) is 37.9 Å². The van der Waals surface area contributed by atoms with E-state index in [0.717, 1.165) is 39.6 Å². The fraction of sp³-hybridized carbons (Fsp3) is 0.696. The van der Waals surface area contributed by atoms with Gasteiger partial charge in [0.1, 0.15) is 0 Å². The maximum absolute atomic E-state index is 10.6. The first-order chi connectivity index (χ1) is 15.3. The summed E-state index contributed by atoms with van der Waals surface area (Å²) in [5.74, 6) is -2.19. The molecule has 1 atom stereocenters. The number of ether oxygens (including phenoxy) is 3. The normalized spacial score (nSPS) is 21.1. The molecule has 0 radical (unpaired) electrons. The van der Waals surface area contributed by atoms with Gasteiger partial charge in [0.25, 0.3) is 0 Å². The molecule has 0 aromatic heterocycles. The van der Waals surface area contributed by atoms with Gasteiger partial charge in [0, 0.05) is 25.7 Å². The minimum Gasteiger partial charge on any atom is -0.475 e. The van der Waals surface area contributed by atoms with Crippen molar-refractivity contribution < 1.29 is 37.3 Å². The molecule has 1 aromatic rings. The van der Waals surface area contributed by atoms with Crippen LogP contribution in [0.3, 0.4) is 0 Å². The minimum atomic E-state index is -5.08. The average Bonchev–Trinajstić information content (AvgIpc) is 2.78. The van der Waals surface area contributed by atoms with Gasteiger partial charge >= 0.3 is 12.1 Å². The van der Waals surface area contributed by atoms with E-state index in [1.807, 2.05) is 6.07 Å². The fourth-order valence-corrected chi connectivity index (χ4v) is 4.21. The Morgan fingerprint density at radius 3 is 2.44 bits per heavy atom. The zero-order chi connectivity index (χ0) is 23.5. The number of hydrogen-bond donors (Lipinski definition) is 1. The summed E-state index contributed by atoms with van der Waals surface area (Å²) in [5, 5.41) is 7.12.